The quantitative estimate of drug-likeness (QED) is 0.610. The fraction of sp³-hybridized carbons (Fsp3) is 0.250. The maximum Gasteiger partial charge on any atom is 0.231 e. The molecule has 0 saturated heterocycles. The molecule has 0 fully saturated rings. The van der Waals surface area contributed by atoms with Crippen LogP contribution in [-0.2, 0) is 6.54 Å². The van der Waals surface area contributed by atoms with Gasteiger partial charge in [-0.05, 0) is 35.4 Å². The smallest absolute Gasteiger partial charge is 0.231 e. The van der Waals surface area contributed by atoms with E-state index >= 15 is 0 Å². The van der Waals surface area contributed by atoms with Crippen LogP contribution in [0.5, 0.6) is 17.2 Å². The van der Waals surface area contributed by atoms with E-state index in [1.165, 1.54) is 16.7 Å². The summed E-state index contributed by atoms with van der Waals surface area (Å²) in [4.78, 5) is 0. The van der Waals surface area contributed by atoms with Gasteiger partial charge in [0.25, 0.3) is 0 Å². The molecule has 28 heavy (non-hydrogen) atoms. The van der Waals surface area contributed by atoms with E-state index < -0.39 is 0 Å². The van der Waals surface area contributed by atoms with Gasteiger partial charge in [0, 0.05) is 17.9 Å². The monoisotopic (exact) mass is 376 g/mol. The van der Waals surface area contributed by atoms with Crippen LogP contribution in [-0.4, -0.2) is 20.4 Å². The van der Waals surface area contributed by atoms with Crippen LogP contribution in [0.1, 0.15) is 29.0 Å². The van der Waals surface area contributed by atoms with E-state index in [1.807, 2.05) is 18.2 Å². The van der Waals surface area contributed by atoms with Crippen molar-refractivity contribution >= 4 is 0 Å². The van der Waals surface area contributed by atoms with E-state index in [-0.39, 0.29) is 0 Å². The van der Waals surface area contributed by atoms with Gasteiger partial charge in [0.2, 0.25) is 6.79 Å². The second-order valence-corrected chi connectivity index (χ2v) is 6.99. The number of nitrogens with two attached hydrogens (primary N) is 1. The summed E-state index contributed by atoms with van der Waals surface area (Å²) in [6, 6.07) is 25.3. The van der Waals surface area contributed by atoms with Gasteiger partial charge in [-0.3, -0.25) is 0 Å². The SMILES string of the molecule is COc1ccc([C@@H](CC[NH2+]Cc2ccccc2)c2ccc3c(c2)OCO3)cc1. The van der Waals surface area contributed by atoms with Gasteiger partial charge < -0.3 is 19.5 Å². The fourth-order valence-electron chi connectivity index (χ4n) is 3.66. The average molecular weight is 376 g/mol. The zero-order valence-corrected chi connectivity index (χ0v) is 16.1. The van der Waals surface area contributed by atoms with Crippen LogP contribution in [0.4, 0.5) is 0 Å². The predicted octanol–water partition coefficient (Wildman–Crippen LogP) is 3.71. The van der Waals surface area contributed by atoms with E-state index in [0.29, 0.717) is 12.7 Å². The van der Waals surface area contributed by atoms with Crippen molar-refractivity contribution in [2.75, 3.05) is 20.4 Å². The molecule has 0 amide bonds. The Morgan fingerprint density at radius 2 is 1.64 bits per heavy atom. The Morgan fingerprint density at radius 3 is 2.43 bits per heavy atom. The van der Waals surface area contributed by atoms with Crippen LogP contribution in [0.15, 0.2) is 72.8 Å². The fourth-order valence-corrected chi connectivity index (χ4v) is 3.66. The van der Waals surface area contributed by atoms with Gasteiger partial charge >= 0.3 is 0 Å². The summed E-state index contributed by atoms with van der Waals surface area (Å²) in [6.45, 7) is 2.34. The van der Waals surface area contributed by atoms with Crippen LogP contribution in [0.2, 0.25) is 0 Å². The molecule has 1 aliphatic heterocycles. The minimum absolute atomic E-state index is 0.299. The van der Waals surface area contributed by atoms with Gasteiger partial charge in [-0.2, -0.15) is 0 Å². The molecule has 144 valence electrons. The molecule has 1 aliphatic rings. The van der Waals surface area contributed by atoms with Crippen LogP contribution < -0.4 is 19.5 Å². The van der Waals surface area contributed by atoms with Crippen LogP contribution in [0.25, 0.3) is 0 Å². The Balaban J connectivity index is 1.49. The van der Waals surface area contributed by atoms with E-state index in [1.54, 1.807) is 7.11 Å². The molecule has 0 aromatic heterocycles. The Labute approximate surface area is 166 Å². The average Bonchev–Trinajstić information content (AvgIpc) is 3.23. The van der Waals surface area contributed by atoms with Crippen LogP contribution in [0.3, 0.4) is 0 Å². The summed E-state index contributed by atoms with van der Waals surface area (Å²) in [6.07, 6.45) is 1.04. The lowest BCUT2D eigenvalue weighted by molar-refractivity contribution is -0.671. The summed E-state index contributed by atoms with van der Waals surface area (Å²) >= 11 is 0. The van der Waals surface area contributed by atoms with Gasteiger partial charge in [0.05, 0.1) is 13.7 Å². The highest BCUT2D eigenvalue weighted by Crippen LogP contribution is 2.37. The van der Waals surface area contributed by atoms with Gasteiger partial charge in [-0.15, -0.1) is 0 Å². The third-order valence-electron chi connectivity index (χ3n) is 5.20. The molecule has 3 aromatic carbocycles. The maximum atomic E-state index is 5.60. The second-order valence-electron chi connectivity index (χ2n) is 6.99. The first-order valence-corrected chi connectivity index (χ1v) is 9.72. The Morgan fingerprint density at radius 1 is 0.893 bits per heavy atom. The van der Waals surface area contributed by atoms with Gasteiger partial charge in [-0.25, -0.2) is 0 Å². The summed E-state index contributed by atoms with van der Waals surface area (Å²) in [5, 5.41) is 2.37. The Bertz CT molecular complexity index is 893. The molecule has 4 heteroatoms. The highest BCUT2D eigenvalue weighted by Gasteiger charge is 2.20. The number of methoxy groups -OCH3 is 1. The third-order valence-corrected chi connectivity index (χ3v) is 5.20. The summed E-state index contributed by atoms with van der Waals surface area (Å²) in [5.41, 5.74) is 3.89. The topological polar surface area (TPSA) is 44.3 Å². The maximum absolute atomic E-state index is 5.60. The number of hydrogen-bond acceptors (Lipinski definition) is 3. The summed E-state index contributed by atoms with van der Waals surface area (Å²) in [7, 11) is 1.70. The van der Waals surface area contributed by atoms with Crippen LogP contribution >= 0.6 is 0 Å². The van der Waals surface area contributed by atoms with Crippen molar-refractivity contribution < 1.29 is 19.5 Å². The molecule has 1 heterocycles. The lowest BCUT2D eigenvalue weighted by atomic mass is 9.88. The first-order chi connectivity index (χ1) is 13.8. The molecule has 0 bridgehead atoms. The highest BCUT2D eigenvalue weighted by atomic mass is 16.7. The predicted molar refractivity (Wildman–Crippen MR) is 109 cm³/mol. The third kappa shape index (κ3) is 4.29. The molecule has 0 unspecified atom stereocenters. The minimum atomic E-state index is 0.299. The van der Waals surface area contributed by atoms with Crippen molar-refractivity contribution in [1.82, 2.24) is 0 Å². The molecule has 0 spiro atoms. The van der Waals surface area contributed by atoms with Gasteiger partial charge in [0.15, 0.2) is 11.5 Å². The van der Waals surface area contributed by atoms with Gasteiger partial charge in [-0.1, -0.05) is 48.5 Å². The lowest BCUT2D eigenvalue weighted by Gasteiger charge is -2.18. The first kappa shape index (κ1) is 18.4. The highest BCUT2D eigenvalue weighted by molar-refractivity contribution is 5.47. The zero-order valence-electron chi connectivity index (χ0n) is 16.1. The number of fused-ring (bicyclic) bond motifs is 1. The number of ether oxygens (including phenoxy) is 3. The van der Waals surface area contributed by atoms with Crippen LogP contribution in [0, 0.1) is 0 Å². The first-order valence-electron chi connectivity index (χ1n) is 9.72. The molecular weight excluding hydrogens is 350 g/mol. The number of rotatable bonds is 8. The lowest BCUT2D eigenvalue weighted by Crippen LogP contribution is -2.82. The molecule has 2 N–H and O–H groups in total. The minimum Gasteiger partial charge on any atom is -0.497 e. The van der Waals surface area contributed by atoms with Crippen molar-refractivity contribution in [2.45, 2.75) is 18.9 Å². The molecular formula is C24H26NO3+. The molecule has 0 aliphatic carbocycles. The van der Waals surface area contributed by atoms with Crippen molar-refractivity contribution in [2.24, 2.45) is 0 Å². The molecule has 4 rings (SSSR count). The molecule has 1 atom stereocenters. The number of hydrogen-bond donors (Lipinski definition) is 1. The van der Waals surface area contributed by atoms with Gasteiger partial charge in [0.1, 0.15) is 12.3 Å². The van der Waals surface area contributed by atoms with E-state index in [2.05, 4.69) is 59.9 Å². The Hall–Kier alpha value is -2.98. The number of benzene rings is 3. The molecule has 0 saturated carbocycles. The number of quaternary nitrogens is 1. The zero-order chi connectivity index (χ0) is 19.2. The van der Waals surface area contributed by atoms with E-state index in [4.69, 9.17) is 14.2 Å². The normalized spacial score (nSPS) is 13.3. The van der Waals surface area contributed by atoms with Crippen molar-refractivity contribution in [3.63, 3.8) is 0 Å². The Kier molecular flexibility index (Phi) is 5.78. The second kappa shape index (κ2) is 8.81. The standard InChI is InChI=1S/C24H25NO3/c1-26-21-10-7-19(8-11-21)22(13-14-25-16-18-5-3-2-4-6-18)20-9-12-23-24(15-20)28-17-27-23/h2-12,15,22,25H,13-14,16-17H2,1H3/p+1/t22-/m1/s1. The van der Waals surface area contributed by atoms with Crippen molar-refractivity contribution in [1.29, 1.82) is 0 Å². The van der Waals surface area contributed by atoms with E-state index in [9.17, 15) is 0 Å². The summed E-state index contributed by atoms with van der Waals surface area (Å²) < 4.78 is 16.4. The van der Waals surface area contributed by atoms with Crippen molar-refractivity contribution in [3.05, 3.63) is 89.5 Å². The molecule has 0 radical (unpaired) electrons. The molecule has 4 nitrogen and oxygen atoms in total. The molecule has 3 aromatic rings. The van der Waals surface area contributed by atoms with E-state index in [0.717, 1.165) is 36.8 Å². The summed E-state index contributed by atoms with van der Waals surface area (Å²) in [5.74, 6) is 2.84. The van der Waals surface area contributed by atoms with Crippen molar-refractivity contribution in [3.8, 4) is 17.2 Å². The largest absolute Gasteiger partial charge is 0.497 e.